The summed E-state index contributed by atoms with van der Waals surface area (Å²) in [6, 6.07) is 7.39. The summed E-state index contributed by atoms with van der Waals surface area (Å²) in [6.07, 6.45) is 1.19. The van der Waals surface area contributed by atoms with E-state index >= 15 is 0 Å². The second-order valence-electron chi connectivity index (χ2n) is 6.40. The predicted molar refractivity (Wildman–Crippen MR) is 108 cm³/mol. The molecule has 0 aromatic heterocycles. The van der Waals surface area contributed by atoms with Crippen molar-refractivity contribution in [3.63, 3.8) is 0 Å². The molecule has 148 valence electrons. The van der Waals surface area contributed by atoms with Crippen molar-refractivity contribution < 1.29 is 23.9 Å². The SMILES string of the molecule is CCOC(=O)C1CCN(C(=O)CN(C)C(=O)COc2ccc(I)cc2)CC1. The van der Waals surface area contributed by atoms with E-state index in [1.165, 1.54) is 4.90 Å². The maximum absolute atomic E-state index is 12.4. The van der Waals surface area contributed by atoms with Crippen molar-refractivity contribution >= 4 is 40.4 Å². The van der Waals surface area contributed by atoms with E-state index in [0.717, 1.165) is 3.57 Å². The van der Waals surface area contributed by atoms with Crippen molar-refractivity contribution in [3.05, 3.63) is 27.8 Å². The molecule has 0 bridgehead atoms. The average Bonchev–Trinajstić information content (AvgIpc) is 2.67. The van der Waals surface area contributed by atoms with Gasteiger partial charge in [-0.2, -0.15) is 0 Å². The lowest BCUT2D eigenvalue weighted by Gasteiger charge is -2.32. The number of ether oxygens (including phenoxy) is 2. The van der Waals surface area contributed by atoms with Crippen LogP contribution in [0.1, 0.15) is 19.8 Å². The Kier molecular flexibility index (Phi) is 8.33. The number of esters is 1. The van der Waals surface area contributed by atoms with Crippen molar-refractivity contribution in [2.45, 2.75) is 19.8 Å². The summed E-state index contributed by atoms with van der Waals surface area (Å²) in [5, 5.41) is 0. The number of piperidine rings is 1. The van der Waals surface area contributed by atoms with Crippen LogP contribution in [0.2, 0.25) is 0 Å². The first-order valence-electron chi connectivity index (χ1n) is 8.97. The molecule has 7 nitrogen and oxygen atoms in total. The van der Waals surface area contributed by atoms with Gasteiger partial charge in [0.05, 0.1) is 19.1 Å². The molecule has 27 heavy (non-hydrogen) atoms. The highest BCUT2D eigenvalue weighted by atomic mass is 127. The van der Waals surface area contributed by atoms with E-state index in [4.69, 9.17) is 9.47 Å². The number of carbonyl (C=O) groups excluding carboxylic acids is 3. The second-order valence-corrected chi connectivity index (χ2v) is 7.65. The van der Waals surface area contributed by atoms with Gasteiger partial charge in [0.2, 0.25) is 5.91 Å². The van der Waals surface area contributed by atoms with Crippen molar-refractivity contribution in [1.82, 2.24) is 9.80 Å². The molecule has 0 aliphatic carbocycles. The Balaban J connectivity index is 1.73. The number of amides is 2. The number of likely N-dealkylation sites (tertiary alicyclic amines) is 1. The molecule has 0 saturated carbocycles. The van der Waals surface area contributed by atoms with E-state index in [1.807, 2.05) is 12.1 Å². The summed E-state index contributed by atoms with van der Waals surface area (Å²) in [7, 11) is 1.59. The van der Waals surface area contributed by atoms with Crippen LogP contribution in [-0.4, -0.2) is 67.5 Å². The van der Waals surface area contributed by atoms with Crippen LogP contribution in [0.5, 0.6) is 5.75 Å². The molecule has 1 aromatic rings. The van der Waals surface area contributed by atoms with Gasteiger partial charge >= 0.3 is 5.97 Å². The summed E-state index contributed by atoms with van der Waals surface area (Å²) < 4.78 is 11.6. The molecule has 1 aliphatic rings. The predicted octanol–water partition coefficient (Wildman–Crippen LogP) is 1.93. The van der Waals surface area contributed by atoms with Gasteiger partial charge in [-0.05, 0) is 66.6 Å². The van der Waals surface area contributed by atoms with E-state index in [1.54, 1.807) is 31.0 Å². The molecule has 0 atom stereocenters. The largest absolute Gasteiger partial charge is 0.484 e. The minimum absolute atomic E-state index is 0.00104. The summed E-state index contributed by atoms with van der Waals surface area (Å²) in [5.41, 5.74) is 0. The Bertz CT molecular complexity index is 657. The number of halogens is 1. The van der Waals surface area contributed by atoms with E-state index in [-0.39, 0.29) is 36.9 Å². The highest BCUT2D eigenvalue weighted by Crippen LogP contribution is 2.19. The number of hydrogen-bond acceptors (Lipinski definition) is 5. The maximum atomic E-state index is 12.4. The van der Waals surface area contributed by atoms with Crippen LogP contribution >= 0.6 is 22.6 Å². The van der Waals surface area contributed by atoms with Crippen LogP contribution in [0.4, 0.5) is 0 Å². The highest BCUT2D eigenvalue weighted by molar-refractivity contribution is 14.1. The highest BCUT2D eigenvalue weighted by Gasteiger charge is 2.28. The number of benzene rings is 1. The molecule has 2 amide bonds. The van der Waals surface area contributed by atoms with Crippen LogP contribution in [0, 0.1) is 9.49 Å². The molecule has 1 saturated heterocycles. The summed E-state index contributed by atoms with van der Waals surface area (Å²) >= 11 is 2.19. The molecule has 0 radical (unpaired) electrons. The Labute approximate surface area is 173 Å². The molecular formula is C19H25IN2O5. The minimum Gasteiger partial charge on any atom is -0.484 e. The molecule has 1 fully saturated rings. The standard InChI is InChI=1S/C19H25IN2O5/c1-3-26-19(25)14-8-10-22(11-9-14)17(23)12-21(2)18(24)13-27-16-6-4-15(20)5-7-16/h4-7,14H,3,8-13H2,1-2H3. The summed E-state index contributed by atoms with van der Waals surface area (Å²) in [6.45, 7) is 3.04. The van der Waals surface area contributed by atoms with Gasteiger partial charge in [-0.3, -0.25) is 14.4 Å². The third-order valence-corrected chi connectivity index (χ3v) is 5.16. The molecule has 2 rings (SSSR count). The third-order valence-electron chi connectivity index (χ3n) is 4.44. The van der Waals surface area contributed by atoms with E-state index in [9.17, 15) is 14.4 Å². The monoisotopic (exact) mass is 488 g/mol. The van der Waals surface area contributed by atoms with E-state index in [0.29, 0.717) is 38.3 Å². The first kappa shape index (κ1) is 21.5. The average molecular weight is 488 g/mol. The lowest BCUT2D eigenvalue weighted by atomic mass is 9.97. The van der Waals surface area contributed by atoms with E-state index in [2.05, 4.69) is 22.6 Å². The number of likely N-dealkylation sites (N-methyl/N-ethyl adjacent to an activating group) is 1. The van der Waals surface area contributed by atoms with Crippen molar-refractivity contribution in [1.29, 1.82) is 0 Å². The molecular weight excluding hydrogens is 463 g/mol. The third kappa shape index (κ3) is 6.67. The Morgan fingerprint density at radius 3 is 2.41 bits per heavy atom. The van der Waals surface area contributed by atoms with Crippen molar-refractivity contribution in [3.8, 4) is 5.75 Å². The van der Waals surface area contributed by atoms with Gasteiger partial charge in [0.1, 0.15) is 5.75 Å². The molecule has 1 aromatic carbocycles. The van der Waals surface area contributed by atoms with Gasteiger partial charge < -0.3 is 19.3 Å². The first-order valence-corrected chi connectivity index (χ1v) is 10.0. The second kappa shape index (κ2) is 10.5. The lowest BCUT2D eigenvalue weighted by molar-refractivity contribution is -0.151. The zero-order chi connectivity index (χ0) is 19.8. The summed E-state index contributed by atoms with van der Waals surface area (Å²) in [5.74, 6) is -0.101. The number of nitrogens with zero attached hydrogens (tertiary/aromatic N) is 2. The molecule has 1 aliphatic heterocycles. The van der Waals surface area contributed by atoms with Gasteiger partial charge in [-0.1, -0.05) is 0 Å². The van der Waals surface area contributed by atoms with Crippen LogP contribution in [-0.2, 0) is 19.1 Å². The van der Waals surface area contributed by atoms with Gasteiger partial charge in [0.25, 0.3) is 5.91 Å². The zero-order valence-corrected chi connectivity index (χ0v) is 17.8. The van der Waals surface area contributed by atoms with Gasteiger partial charge in [0, 0.05) is 23.7 Å². The quantitative estimate of drug-likeness (QED) is 0.433. The zero-order valence-electron chi connectivity index (χ0n) is 15.7. The van der Waals surface area contributed by atoms with Crippen LogP contribution in [0.3, 0.4) is 0 Å². The minimum atomic E-state index is -0.261. The van der Waals surface area contributed by atoms with Gasteiger partial charge in [-0.25, -0.2) is 0 Å². The van der Waals surface area contributed by atoms with Gasteiger partial charge in [-0.15, -0.1) is 0 Å². The normalized spacial score (nSPS) is 14.6. The molecule has 1 heterocycles. The fourth-order valence-corrected chi connectivity index (χ4v) is 3.16. The topological polar surface area (TPSA) is 76.2 Å². The number of hydrogen-bond donors (Lipinski definition) is 0. The Morgan fingerprint density at radius 1 is 1.19 bits per heavy atom. The Hall–Kier alpha value is -1.84. The molecule has 0 spiro atoms. The molecule has 8 heteroatoms. The van der Waals surface area contributed by atoms with Crippen LogP contribution < -0.4 is 4.74 Å². The van der Waals surface area contributed by atoms with Gasteiger partial charge in [0.15, 0.2) is 6.61 Å². The van der Waals surface area contributed by atoms with Crippen LogP contribution in [0.25, 0.3) is 0 Å². The smallest absolute Gasteiger partial charge is 0.309 e. The van der Waals surface area contributed by atoms with Crippen LogP contribution in [0.15, 0.2) is 24.3 Å². The number of rotatable bonds is 7. The fourth-order valence-electron chi connectivity index (χ4n) is 2.80. The summed E-state index contributed by atoms with van der Waals surface area (Å²) in [4.78, 5) is 39.4. The number of carbonyl (C=O) groups is 3. The lowest BCUT2D eigenvalue weighted by Crippen LogP contribution is -2.46. The Morgan fingerprint density at radius 2 is 1.81 bits per heavy atom. The first-order chi connectivity index (χ1) is 12.9. The van der Waals surface area contributed by atoms with E-state index < -0.39 is 0 Å². The van der Waals surface area contributed by atoms with Crippen molar-refractivity contribution in [2.75, 3.05) is 39.9 Å². The molecule has 0 N–H and O–H groups in total. The van der Waals surface area contributed by atoms with Crippen molar-refractivity contribution in [2.24, 2.45) is 5.92 Å². The maximum Gasteiger partial charge on any atom is 0.309 e. The molecule has 0 unspecified atom stereocenters. The fraction of sp³-hybridized carbons (Fsp3) is 0.526.